The largest absolute Gasteiger partial charge is 0.365 e. The van der Waals surface area contributed by atoms with Gasteiger partial charge in [-0.15, -0.1) is 17.0 Å². The Bertz CT molecular complexity index is 678. The van der Waals surface area contributed by atoms with Crippen molar-refractivity contribution in [1.29, 1.82) is 0 Å². The number of hydrogen-bond acceptors (Lipinski definition) is 2. The van der Waals surface area contributed by atoms with Crippen LogP contribution in [0.4, 0.5) is 5.69 Å². The molecule has 1 saturated carbocycles. The van der Waals surface area contributed by atoms with Crippen LogP contribution in [0.5, 0.6) is 0 Å². The number of hydrogen-bond donors (Lipinski definition) is 0. The summed E-state index contributed by atoms with van der Waals surface area (Å²) in [6, 6.07) is 20.4. The lowest BCUT2D eigenvalue weighted by atomic mass is 10.1. The van der Waals surface area contributed by atoms with E-state index in [1.54, 1.807) is 0 Å². The summed E-state index contributed by atoms with van der Waals surface area (Å²) in [6.07, 6.45) is 1.31. The molecule has 4 rings (SSSR count). The molecule has 2 aromatic rings. The van der Waals surface area contributed by atoms with Crippen molar-refractivity contribution in [2.45, 2.75) is 31.3 Å². The number of para-hydroxylation sites is 1. The van der Waals surface area contributed by atoms with Gasteiger partial charge in [-0.2, -0.15) is 0 Å². The monoisotopic (exact) mass is 406 g/mol. The summed E-state index contributed by atoms with van der Waals surface area (Å²) in [5.74, 6) is 0.732. The number of halogens is 2. The van der Waals surface area contributed by atoms with E-state index in [0.29, 0.717) is 6.04 Å². The van der Waals surface area contributed by atoms with Crippen molar-refractivity contribution in [2.75, 3.05) is 24.5 Å². The van der Waals surface area contributed by atoms with E-state index in [4.69, 9.17) is 11.6 Å². The second-order valence-electron chi connectivity index (χ2n) is 6.81. The van der Waals surface area contributed by atoms with E-state index in [1.807, 2.05) is 12.1 Å². The Morgan fingerprint density at radius 1 is 0.958 bits per heavy atom. The van der Waals surface area contributed by atoms with Crippen molar-refractivity contribution >= 4 is 34.3 Å². The highest BCUT2D eigenvalue weighted by Crippen LogP contribution is 2.45. The molecule has 1 aliphatic carbocycles. The highest BCUT2D eigenvalue weighted by Gasteiger charge is 2.44. The van der Waals surface area contributed by atoms with Crippen molar-refractivity contribution in [3.05, 3.63) is 65.2 Å². The van der Waals surface area contributed by atoms with Crippen LogP contribution in [0.1, 0.15) is 24.8 Å². The third-order valence-corrected chi connectivity index (χ3v) is 5.59. The number of piperazine rings is 1. The highest BCUT2D eigenvalue weighted by molar-refractivity contribution is 8.93. The number of rotatable bonds is 3. The van der Waals surface area contributed by atoms with Crippen LogP contribution in [-0.2, 0) is 0 Å². The minimum atomic E-state index is 0. The molecule has 0 radical (unpaired) electrons. The fraction of sp³-hybridized carbons (Fsp3) is 0.400. The number of nitrogens with zero attached hydrogens (tertiary/aromatic N) is 2. The molecule has 0 bridgehead atoms. The molecule has 0 N–H and O–H groups in total. The van der Waals surface area contributed by atoms with Crippen LogP contribution in [0.2, 0.25) is 5.02 Å². The maximum atomic E-state index is 6.38. The maximum Gasteiger partial charge on any atom is 0.0639 e. The fourth-order valence-corrected chi connectivity index (χ4v) is 4.22. The van der Waals surface area contributed by atoms with Gasteiger partial charge in [-0.25, -0.2) is 0 Å². The summed E-state index contributed by atoms with van der Waals surface area (Å²) in [5.41, 5.74) is 2.68. The summed E-state index contributed by atoms with van der Waals surface area (Å²) in [6.45, 7) is 5.63. The highest BCUT2D eigenvalue weighted by atomic mass is 79.9. The molecule has 0 amide bonds. The van der Waals surface area contributed by atoms with Crippen molar-refractivity contribution in [3.63, 3.8) is 0 Å². The molecule has 2 fully saturated rings. The van der Waals surface area contributed by atoms with E-state index in [-0.39, 0.29) is 17.0 Å². The molecule has 1 aliphatic heterocycles. The number of benzene rings is 2. The molecule has 1 heterocycles. The minimum Gasteiger partial charge on any atom is -0.365 e. The van der Waals surface area contributed by atoms with E-state index in [1.165, 1.54) is 17.7 Å². The predicted octanol–water partition coefficient (Wildman–Crippen LogP) is 4.98. The molecule has 1 saturated heterocycles. The molecule has 24 heavy (non-hydrogen) atoms. The molecular weight excluding hydrogens is 384 g/mol. The summed E-state index contributed by atoms with van der Waals surface area (Å²) in [5, 5.41) is 0.862. The first-order valence-electron chi connectivity index (χ1n) is 8.54. The van der Waals surface area contributed by atoms with E-state index < -0.39 is 0 Å². The Balaban J connectivity index is 0.00000169. The van der Waals surface area contributed by atoms with Crippen molar-refractivity contribution < 1.29 is 0 Å². The number of anilines is 1. The molecule has 1 unspecified atom stereocenters. The van der Waals surface area contributed by atoms with Gasteiger partial charge in [0.1, 0.15) is 0 Å². The van der Waals surface area contributed by atoms with Crippen molar-refractivity contribution in [1.82, 2.24) is 4.90 Å². The zero-order chi connectivity index (χ0) is 15.8. The van der Waals surface area contributed by atoms with E-state index in [0.717, 1.165) is 36.6 Å². The molecule has 2 aliphatic rings. The molecule has 0 spiro atoms. The quantitative estimate of drug-likeness (QED) is 0.707. The zero-order valence-corrected chi connectivity index (χ0v) is 16.4. The minimum absolute atomic E-state index is 0. The van der Waals surface area contributed by atoms with Crippen LogP contribution < -0.4 is 4.90 Å². The smallest absolute Gasteiger partial charge is 0.0639 e. The lowest BCUT2D eigenvalue weighted by molar-refractivity contribution is 0.216. The topological polar surface area (TPSA) is 6.48 Å². The Hall–Kier alpha value is -1.03. The van der Waals surface area contributed by atoms with Crippen molar-refractivity contribution in [3.8, 4) is 0 Å². The normalized spacial score (nSPS) is 26.8. The van der Waals surface area contributed by atoms with Gasteiger partial charge in [0.25, 0.3) is 0 Å². The van der Waals surface area contributed by atoms with Gasteiger partial charge in [-0.1, -0.05) is 54.1 Å². The molecule has 3 atom stereocenters. The van der Waals surface area contributed by atoms with E-state index >= 15 is 0 Å². The average molecular weight is 408 g/mol. The van der Waals surface area contributed by atoms with Gasteiger partial charge in [-0.3, -0.25) is 4.90 Å². The molecular formula is C20H24BrClN2. The van der Waals surface area contributed by atoms with Crippen LogP contribution in [0.25, 0.3) is 0 Å². The van der Waals surface area contributed by atoms with Gasteiger partial charge in [0.2, 0.25) is 0 Å². The third kappa shape index (κ3) is 3.49. The Kier molecular flexibility index (Phi) is 5.53. The lowest BCUT2D eigenvalue weighted by Gasteiger charge is -2.42. The first-order valence-corrected chi connectivity index (χ1v) is 8.92. The van der Waals surface area contributed by atoms with E-state index in [9.17, 15) is 0 Å². The second kappa shape index (κ2) is 7.47. The Morgan fingerprint density at radius 3 is 2.38 bits per heavy atom. The van der Waals surface area contributed by atoms with Gasteiger partial charge in [0.05, 0.1) is 10.7 Å². The average Bonchev–Trinajstić information content (AvgIpc) is 3.37. The third-order valence-electron chi connectivity index (χ3n) is 5.27. The van der Waals surface area contributed by atoms with Gasteiger partial charge in [-0.05, 0) is 31.0 Å². The molecule has 128 valence electrons. The van der Waals surface area contributed by atoms with Gasteiger partial charge in [0.15, 0.2) is 0 Å². The van der Waals surface area contributed by atoms with Gasteiger partial charge in [0, 0.05) is 37.6 Å². The van der Waals surface area contributed by atoms with Gasteiger partial charge < -0.3 is 4.90 Å². The summed E-state index contributed by atoms with van der Waals surface area (Å²) < 4.78 is 0. The summed E-state index contributed by atoms with van der Waals surface area (Å²) >= 11 is 6.38. The SMILES string of the molecule is Br.CC1CN([C@@H]2C[C@H]2c2ccccc2)CCN1c1ccccc1Cl. The zero-order valence-electron chi connectivity index (χ0n) is 13.9. The van der Waals surface area contributed by atoms with Crippen LogP contribution in [0.15, 0.2) is 54.6 Å². The maximum absolute atomic E-state index is 6.38. The van der Waals surface area contributed by atoms with Crippen LogP contribution in [0, 0.1) is 0 Å². The van der Waals surface area contributed by atoms with Crippen LogP contribution in [-0.4, -0.2) is 36.6 Å². The standard InChI is InChI=1S/C20H23ClN2.BrH/c1-15-14-22(20-13-17(20)16-7-3-2-4-8-16)11-12-23(15)19-10-6-5-9-18(19)21;/h2-10,15,17,20H,11-14H2,1H3;1H/t15?,17-,20+;/m0./s1. The Labute approximate surface area is 160 Å². The Morgan fingerprint density at radius 2 is 1.67 bits per heavy atom. The summed E-state index contributed by atoms with van der Waals surface area (Å²) in [7, 11) is 0. The molecule has 4 heteroatoms. The van der Waals surface area contributed by atoms with E-state index in [2.05, 4.69) is 59.2 Å². The van der Waals surface area contributed by atoms with Crippen molar-refractivity contribution in [2.24, 2.45) is 0 Å². The molecule has 0 aromatic heterocycles. The molecule has 2 aromatic carbocycles. The predicted molar refractivity (Wildman–Crippen MR) is 108 cm³/mol. The van der Waals surface area contributed by atoms with Crippen LogP contribution >= 0.6 is 28.6 Å². The first-order chi connectivity index (χ1) is 11.2. The second-order valence-corrected chi connectivity index (χ2v) is 7.22. The van der Waals surface area contributed by atoms with Crippen LogP contribution in [0.3, 0.4) is 0 Å². The summed E-state index contributed by atoms with van der Waals surface area (Å²) in [4.78, 5) is 5.13. The first kappa shape index (κ1) is 17.8. The fourth-order valence-electron chi connectivity index (χ4n) is 3.97. The van der Waals surface area contributed by atoms with Gasteiger partial charge >= 0.3 is 0 Å². The lowest BCUT2D eigenvalue weighted by Crippen LogP contribution is -2.53. The molecule has 2 nitrogen and oxygen atoms in total.